The van der Waals surface area contributed by atoms with Gasteiger partial charge in [0.15, 0.2) is 0 Å². The first-order valence-electron chi connectivity index (χ1n) is 8.18. The molecule has 2 aromatic carbocycles. The van der Waals surface area contributed by atoms with Crippen LogP contribution in [0.5, 0.6) is 0 Å². The van der Waals surface area contributed by atoms with Crippen LogP contribution in [0.25, 0.3) is 22.5 Å². The number of rotatable bonds is 5. The minimum Gasteiger partial charge on any atom is -0.232 e. The monoisotopic (exact) mass is 303 g/mol. The second-order valence-electron chi connectivity index (χ2n) is 5.65. The normalized spacial score (nSPS) is 10.7. The van der Waals surface area contributed by atoms with Gasteiger partial charge in [-0.25, -0.2) is 4.98 Å². The van der Waals surface area contributed by atoms with Crippen LogP contribution in [0.2, 0.25) is 0 Å². The van der Waals surface area contributed by atoms with Gasteiger partial charge in [0.05, 0.1) is 0 Å². The molecule has 23 heavy (non-hydrogen) atoms. The van der Waals surface area contributed by atoms with Crippen molar-refractivity contribution in [3.8, 4) is 22.5 Å². The molecule has 0 amide bonds. The molecule has 0 aliphatic rings. The second kappa shape index (κ2) is 7.14. The van der Waals surface area contributed by atoms with E-state index in [1.165, 1.54) is 17.5 Å². The summed E-state index contributed by atoms with van der Waals surface area (Å²) in [6.07, 6.45) is 4.80. The Labute approximate surface area is 137 Å². The standard InChI is InChI=1S/C20H21N3/c1-3-5-16-8-12-18(13-9-16)20-19(21-14-22-23-20)17-10-6-15(4-2)7-11-17/h6-14H,3-5H2,1-2H3. The molecule has 0 saturated carbocycles. The summed E-state index contributed by atoms with van der Waals surface area (Å²) in [5.74, 6) is 0. The topological polar surface area (TPSA) is 38.7 Å². The van der Waals surface area contributed by atoms with Crippen molar-refractivity contribution in [1.29, 1.82) is 0 Å². The van der Waals surface area contributed by atoms with Gasteiger partial charge in [-0.15, -0.1) is 10.2 Å². The van der Waals surface area contributed by atoms with Crippen LogP contribution in [-0.4, -0.2) is 15.2 Å². The summed E-state index contributed by atoms with van der Waals surface area (Å²) < 4.78 is 0. The summed E-state index contributed by atoms with van der Waals surface area (Å²) in [6, 6.07) is 17.1. The third-order valence-corrected chi connectivity index (χ3v) is 4.02. The van der Waals surface area contributed by atoms with E-state index in [4.69, 9.17) is 0 Å². The molecule has 0 aliphatic carbocycles. The summed E-state index contributed by atoms with van der Waals surface area (Å²) in [4.78, 5) is 4.47. The molecule has 0 saturated heterocycles. The molecule has 116 valence electrons. The molecule has 0 fully saturated rings. The third-order valence-electron chi connectivity index (χ3n) is 4.02. The summed E-state index contributed by atoms with van der Waals surface area (Å²) in [7, 11) is 0. The zero-order chi connectivity index (χ0) is 16.1. The smallest absolute Gasteiger partial charge is 0.138 e. The van der Waals surface area contributed by atoms with Gasteiger partial charge in [0, 0.05) is 11.1 Å². The Hall–Kier alpha value is -2.55. The van der Waals surface area contributed by atoms with Crippen molar-refractivity contribution >= 4 is 0 Å². The number of benzene rings is 2. The SMILES string of the molecule is CCCc1ccc(-c2nncnc2-c2ccc(CC)cc2)cc1. The molecule has 1 aromatic heterocycles. The van der Waals surface area contributed by atoms with Gasteiger partial charge in [0.25, 0.3) is 0 Å². The van der Waals surface area contributed by atoms with Crippen LogP contribution in [0.4, 0.5) is 0 Å². The Bertz CT molecular complexity index is 762. The van der Waals surface area contributed by atoms with E-state index in [1.807, 2.05) is 0 Å². The minimum atomic E-state index is 0.833. The van der Waals surface area contributed by atoms with Crippen molar-refractivity contribution in [3.05, 3.63) is 66.0 Å². The van der Waals surface area contributed by atoms with Crippen molar-refractivity contribution in [2.45, 2.75) is 33.1 Å². The van der Waals surface area contributed by atoms with Gasteiger partial charge in [-0.1, -0.05) is 68.8 Å². The molecule has 3 nitrogen and oxygen atoms in total. The Kier molecular flexibility index (Phi) is 4.77. The highest BCUT2D eigenvalue weighted by Crippen LogP contribution is 2.28. The molecule has 0 N–H and O–H groups in total. The van der Waals surface area contributed by atoms with Gasteiger partial charge >= 0.3 is 0 Å². The number of nitrogens with zero attached hydrogens (tertiary/aromatic N) is 3. The lowest BCUT2D eigenvalue weighted by Gasteiger charge is -2.08. The fourth-order valence-corrected chi connectivity index (χ4v) is 2.70. The number of hydrogen-bond donors (Lipinski definition) is 0. The first-order valence-corrected chi connectivity index (χ1v) is 8.18. The molecule has 0 spiro atoms. The van der Waals surface area contributed by atoms with Crippen LogP contribution in [0, 0.1) is 0 Å². The molecular formula is C20H21N3. The van der Waals surface area contributed by atoms with Crippen LogP contribution in [-0.2, 0) is 12.8 Å². The van der Waals surface area contributed by atoms with Crippen molar-refractivity contribution < 1.29 is 0 Å². The van der Waals surface area contributed by atoms with Gasteiger partial charge < -0.3 is 0 Å². The Balaban J connectivity index is 1.99. The van der Waals surface area contributed by atoms with E-state index in [0.717, 1.165) is 41.8 Å². The Morgan fingerprint density at radius 2 is 1.35 bits per heavy atom. The fraction of sp³-hybridized carbons (Fsp3) is 0.250. The van der Waals surface area contributed by atoms with E-state index in [2.05, 4.69) is 77.6 Å². The van der Waals surface area contributed by atoms with Gasteiger partial charge in [0.1, 0.15) is 17.7 Å². The molecule has 0 radical (unpaired) electrons. The Morgan fingerprint density at radius 3 is 1.96 bits per heavy atom. The molecule has 3 heteroatoms. The summed E-state index contributed by atoms with van der Waals surface area (Å²) in [5, 5.41) is 8.31. The maximum Gasteiger partial charge on any atom is 0.138 e. The van der Waals surface area contributed by atoms with Gasteiger partial charge in [0.2, 0.25) is 0 Å². The summed E-state index contributed by atoms with van der Waals surface area (Å²) in [6.45, 7) is 4.35. The molecule has 0 unspecified atom stereocenters. The van der Waals surface area contributed by atoms with Crippen LogP contribution in [0.1, 0.15) is 31.4 Å². The van der Waals surface area contributed by atoms with E-state index in [1.54, 1.807) is 0 Å². The predicted octanol–water partition coefficient (Wildman–Crippen LogP) is 4.72. The van der Waals surface area contributed by atoms with Crippen LogP contribution in [0.3, 0.4) is 0 Å². The zero-order valence-electron chi connectivity index (χ0n) is 13.7. The maximum atomic E-state index is 4.47. The van der Waals surface area contributed by atoms with Gasteiger partial charge in [-0.05, 0) is 24.0 Å². The number of aromatic nitrogens is 3. The third kappa shape index (κ3) is 3.45. The molecule has 0 bridgehead atoms. The van der Waals surface area contributed by atoms with Crippen LogP contribution >= 0.6 is 0 Å². The van der Waals surface area contributed by atoms with Crippen molar-refractivity contribution in [3.63, 3.8) is 0 Å². The minimum absolute atomic E-state index is 0.833. The number of aryl methyl sites for hydroxylation is 2. The first kappa shape index (κ1) is 15.3. The fourth-order valence-electron chi connectivity index (χ4n) is 2.70. The quantitative estimate of drug-likeness (QED) is 0.684. The van der Waals surface area contributed by atoms with Gasteiger partial charge in [-0.3, -0.25) is 0 Å². The second-order valence-corrected chi connectivity index (χ2v) is 5.65. The molecule has 0 aliphatic heterocycles. The van der Waals surface area contributed by atoms with Crippen LogP contribution in [0.15, 0.2) is 54.9 Å². The van der Waals surface area contributed by atoms with E-state index >= 15 is 0 Å². The lowest BCUT2D eigenvalue weighted by atomic mass is 10.0. The highest BCUT2D eigenvalue weighted by Gasteiger charge is 2.11. The largest absolute Gasteiger partial charge is 0.232 e. The maximum absolute atomic E-state index is 4.47. The molecular weight excluding hydrogens is 282 g/mol. The average molecular weight is 303 g/mol. The predicted molar refractivity (Wildman–Crippen MR) is 94.1 cm³/mol. The van der Waals surface area contributed by atoms with Crippen molar-refractivity contribution in [2.75, 3.05) is 0 Å². The van der Waals surface area contributed by atoms with Gasteiger partial charge in [-0.2, -0.15) is 0 Å². The molecule has 0 atom stereocenters. The lowest BCUT2D eigenvalue weighted by Crippen LogP contribution is -1.96. The molecule has 3 aromatic rings. The van der Waals surface area contributed by atoms with Crippen LogP contribution < -0.4 is 0 Å². The lowest BCUT2D eigenvalue weighted by molar-refractivity contribution is 0.921. The Morgan fingerprint density at radius 1 is 0.739 bits per heavy atom. The summed E-state index contributed by atoms with van der Waals surface area (Å²) >= 11 is 0. The number of hydrogen-bond acceptors (Lipinski definition) is 3. The van der Waals surface area contributed by atoms with E-state index < -0.39 is 0 Å². The highest BCUT2D eigenvalue weighted by atomic mass is 15.1. The molecule has 1 heterocycles. The van der Waals surface area contributed by atoms with Crippen molar-refractivity contribution in [2.24, 2.45) is 0 Å². The molecule has 3 rings (SSSR count). The van der Waals surface area contributed by atoms with E-state index in [-0.39, 0.29) is 0 Å². The van der Waals surface area contributed by atoms with E-state index in [0.29, 0.717) is 0 Å². The first-order chi connectivity index (χ1) is 11.3. The average Bonchev–Trinajstić information content (AvgIpc) is 2.63. The van der Waals surface area contributed by atoms with Crippen molar-refractivity contribution in [1.82, 2.24) is 15.2 Å². The zero-order valence-corrected chi connectivity index (χ0v) is 13.7. The highest BCUT2D eigenvalue weighted by molar-refractivity contribution is 5.77. The van der Waals surface area contributed by atoms with E-state index in [9.17, 15) is 0 Å². The summed E-state index contributed by atoms with van der Waals surface area (Å²) in [5.41, 5.74) is 6.51.